The molecule has 2 rings (SSSR count). The molecule has 104 valence electrons. The first-order chi connectivity index (χ1) is 8.99. The molecule has 2 N–H and O–H groups in total. The summed E-state index contributed by atoms with van der Waals surface area (Å²) in [6.07, 6.45) is 2.32. The van der Waals surface area contributed by atoms with Crippen LogP contribution in [0.25, 0.3) is 0 Å². The van der Waals surface area contributed by atoms with Crippen LogP contribution in [-0.2, 0) is 0 Å². The van der Waals surface area contributed by atoms with Crippen molar-refractivity contribution in [3.8, 4) is 0 Å². The Labute approximate surface area is 115 Å². The minimum Gasteiger partial charge on any atom is -0.398 e. The molecule has 0 unspecified atom stereocenters. The smallest absolute Gasteiger partial charge is 0.161 e. The number of Topliss-reactive ketones (excluding diaryl/α,β-unsaturated/α-hetero) is 1. The molecule has 1 fully saturated rings. The molecule has 0 aromatic heterocycles. The van der Waals surface area contributed by atoms with Crippen LogP contribution in [0.1, 0.15) is 30.1 Å². The van der Waals surface area contributed by atoms with Crippen molar-refractivity contribution in [1.82, 2.24) is 4.90 Å². The molecule has 4 heteroatoms. The SMILES string of the molecule is CC(=O)c1cc(N(C)C2CCN(C)CC2)ccc1N. The fraction of sp³-hybridized carbons (Fsp3) is 0.533. The molecule has 0 radical (unpaired) electrons. The van der Waals surface area contributed by atoms with E-state index in [1.54, 1.807) is 6.92 Å². The van der Waals surface area contributed by atoms with Crippen LogP contribution in [-0.4, -0.2) is 43.9 Å². The standard InChI is InChI=1S/C15H23N3O/c1-11(19)14-10-13(4-5-15(14)16)18(3)12-6-8-17(2)9-7-12/h4-5,10,12H,6-9,16H2,1-3H3. The summed E-state index contributed by atoms with van der Waals surface area (Å²) in [7, 11) is 4.26. The van der Waals surface area contributed by atoms with Crippen molar-refractivity contribution in [3.05, 3.63) is 23.8 Å². The fourth-order valence-corrected chi connectivity index (χ4v) is 2.66. The zero-order valence-corrected chi connectivity index (χ0v) is 12.0. The molecule has 1 saturated heterocycles. The summed E-state index contributed by atoms with van der Waals surface area (Å²) in [6, 6.07) is 6.28. The van der Waals surface area contributed by atoms with Gasteiger partial charge in [-0.25, -0.2) is 0 Å². The minimum absolute atomic E-state index is 0.0242. The van der Waals surface area contributed by atoms with E-state index in [0.29, 0.717) is 17.3 Å². The summed E-state index contributed by atoms with van der Waals surface area (Å²) in [5.74, 6) is 0.0242. The molecule has 1 aromatic rings. The van der Waals surface area contributed by atoms with Crippen LogP contribution >= 0.6 is 0 Å². The van der Waals surface area contributed by atoms with E-state index in [2.05, 4.69) is 23.9 Å². The maximum Gasteiger partial charge on any atom is 0.161 e. The molecule has 1 heterocycles. The number of likely N-dealkylation sites (tertiary alicyclic amines) is 1. The van der Waals surface area contributed by atoms with Gasteiger partial charge in [0.05, 0.1) is 0 Å². The molecule has 0 bridgehead atoms. The van der Waals surface area contributed by atoms with E-state index < -0.39 is 0 Å². The van der Waals surface area contributed by atoms with Crippen LogP contribution in [0.4, 0.5) is 11.4 Å². The number of nitrogens with two attached hydrogens (primary N) is 1. The number of nitrogens with zero attached hydrogens (tertiary/aromatic N) is 2. The lowest BCUT2D eigenvalue weighted by molar-refractivity contribution is 0.101. The Balaban J connectivity index is 2.17. The Hall–Kier alpha value is -1.55. The van der Waals surface area contributed by atoms with Gasteiger partial charge in [0.25, 0.3) is 0 Å². The Bertz CT molecular complexity index is 464. The predicted molar refractivity (Wildman–Crippen MR) is 79.8 cm³/mol. The number of anilines is 2. The summed E-state index contributed by atoms with van der Waals surface area (Å²) in [5.41, 5.74) is 8.10. The van der Waals surface area contributed by atoms with E-state index in [4.69, 9.17) is 5.73 Å². The molecular formula is C15H23N3O. The lowest BCUT2D eigenvalue weighted by Crippen LogP contribution is -2.42. The van der Waals surface area contributed by atoms with Crippen LogP contribution in [0.15, 0.2) is 18.2 Å². The van der Waals surface area contributed by atoms with E-state index >= 15 is 0 Å². The number of benzene rings is 1. The Kier molecular flexibility index (Phi) is 4.10. The second kappa shape index (κ2) is 5.61. The van der Waals surface area contributed by atoms with Crippen LogP contribution in [0, 0.1) is 0 Å². The van der Waals surface area contributed by atoms with E-state index in [-0.39, 0.29) is 5.78 Å². The summed E-state index contributed by atoms with van der Waals surface area (Å²) in [6.45, 7) is 3.82. The molecule has 0 spiro atoms. The molecule has 0 aliphatic carbocycles. The highest BCUT2D eigenvalue weighted by Gasteiger charge is 2.21. The first kappa shape index (κ1) is 13.9. The molecule has 19 heavy (non-hydrogen) atoms. The van der Waals surface area contributed by atoms with Gasteiger partial charge < -0.3 is 15.5 Å². The van der Waals surface area contributed by atoms with Gasteiger partial charge in [0.1, 0.15) is 0 Å². The highest BCUT2D eigenvalue weighted by Crippen LogP contribution is 2.25. The van der Waals surface area contributed by atoms with Gasteiger partial charge in [0.2, 0.25) is 0 Å². The molecule has 0 atom stereocenters. The average molecular weight is 261 g/mol. The van der Waals surface area contributed by atoms with Crippen molar-refractivity contribution in [1.29, 1.82) is 0 Å². The number of nitrogen functional groups attached to an aromatic ring is 1. The van der Waals surface area contributed by atoms with Gasteiger partial charge in [-0.3, -0.25) is 4.79 Å². The largest absolute Gasteiger partial charge is 0.398 e. The Morgan fingerprint density at radius 2 is 2.00 bits per heavy atom. The number of hydrogen-bond acceptors (Lipinski definition) is 4. The number of carbonyl (C=O) groups excluding carboxylic acids is 1. The number of rotatable bonds is 3. The van der Waals surface area contributed by atoms with Gasteiger partial charge in [-0.15, -0.1) is 0 Å². The molecule has 0 amide bonds. The second-order valence-corrected chi connectivity index (χ2v) is 5.47. The lowest BCUT2D eigenvalue weighted by Gasteiger charge is -2.36. The van der Waals surface area contributed by atoms with Gasteiger partial charge in [-0.2, -0.15) is 0 Å². The maximum atomic E-state index is 11.6. The zero-order chi connectivity index (χ0) is 14.0. The highest BCUT2D eigenvalue weighted by molar-refractivity contribution is 6.00. The second-order valence-electron chi connectivity index (χ2n) is 5.47. The fourth-order valence-electron chi connectivity index (χ4n) is 2.66. The molecule has 1 aliphatic heterocycles. The molecule has 0 saturated carbocycles. The number of piperidine rings is 1. The van der Waals surface area contributed by atoms with Crippen molar-refractivity contribution in [2.45, 2.75) is 25.8 Å². The van der Waals surface area contributed by atoms with Gasteiger partial charge in [0.15, 0.2) is 5.78 Å². The number of carbonyl (C=O) groups is 1. The quantitative estimate of drug-likeness (QED) is 0.668. The minimum atomic E-state index is 0.0242. The summed E-state index contributed by atoms with van der Waals surface area (Å²) >= 11 is 0. The number of hydrogen-bond donors (Lipinski definition) is 1. The maximum absolute atomic E-state index is 11.6. The molecule has 1 aromatic carbocycles. The molecular weight excluding hydrogens is 238 g/mol. The van der Waals surface area contributed by atoms with Gasteiger partial charge >= 0.3 is 0 Å². The first-order valence-electron chi connectivity index (χ1n) is 6.81. The average Bonchev–Trinajstić information content (AvgIpc) is 2.39. The van der Waals surface area contributed by atoms with Crippen molar-refractivity contribution in [3.63, 3.8) is 0 Å². The van der Waals surface area contributed by atoms with E-state index in [1.807, 2.05) is 18.2 Å². The molecule has 4 nitrogen and oxygen atoms in total. The van der Waals surface area contributed by atoms with Crippen LogP contribution < -0.4 is 10.6 Å². The number of ketones is 1. The summed E-state index contributed by atoms with van der Waals surface area (Å²) in [4.78, 5) is 16.2. The van der Waals surface area contributed by atoms with Gasteiger partial charge in [-0.1, -0.05) is 0 Å². The summed E-state index contributed by atoms with van der Waals surface area (Å²) < 4.78 is 0. The van der Waals surface area contributed by atoms with Crippen molar-refractivity contribution < 1.29 is 4.79 Å². The highest BCUT2D eigenvalue weighted by atomic mass is 16.1. The Morgan fingerprint density at radius 3 is 2.58 bits per heavy atom. The van der Waals surface area contributed by atoms with Crippen molar-refractivity contribution in [2.24, 2.45) is 0 Å². The topological polar surface area (TPSA) is 49.6 Å². The predicted octanol–water partition coefficient (Wildman–Crippen LogP) is 2.00. The van der Waals surface area contributed by atoms with Crippen LogP contribution in [0.3, 0.4) is 0 Å². The van der Waals surface area contributed by atoms with E-state index in [1.165, 1.54) is 0 Å². The van der Waals surface area contributed by atoms with Crippen LogP contribution in [0.2, 0.25) is 0 Å². The van der Waals surface area contributed by atoms with Gasteiger partial charge in [-0.05, 0) is 58.1 Å². The van der Waals surface area contributed by atoms with Gasteiger partial charge in [0, 0.05) is 30.0 Å². The first-order valence-corrected chi connectivity index (χ1v) is 6.81. The molecule has 1 aliphatic rings. The lowest BCUT2D eigenvalue weighted by atomic mass is 10.0. The van der Waals surface area contributed by atoms with E-state index in [0.717, 1.165) is 31.6 Å². The summed E-state index contributed by atoms with van der Waals surface area (Å²) in [5, 5.41) is 0. The van der Waals surface area contributed by atoms with Crippen LogP contribution in [0.5, 0.6) is 0 Å². The van der Waals surface area contributed by atoms with E-state index in [9.17, 15) is 4.79 Å². The Morgan fingerprint density at radius 1 is 1.37 bits per heavy atom. The zero-order valence-electron chi connectivity index (χ0n) is 12.0. The third-order valence-corrected chi connectivity index (χ3v) is 4.06. The van der Waals surface area contributed by atoms with Crippen molar-refractivity contribution >= 4 is 17.2 Å². The van der Waals surface area contributed by atoms with Crippen molar-refractivity contribution in [2.75, 3.05) is 37.8 Å². The normalized spacial score (nSPS) is 17.4. The monoisotopic (exact) mass is 261 g/mol. The third kappa shape index (κ3) is 3.07. The third-order valence-electron chi connectivity index (χ3n) is 4.06.